The van der Waals surface area contributed by atoms with Crippen molar-refractivity contribution in [2.45, 2.75) is 13.0 Å². The van der Waals surface area contributed by atoms with E-state index in [1.165, 1.54) is 0 Å². The predicted molar refractivity (Wildman–Crippen MR) is 81.7 cm³/mol. The molecule has 0 bridgehead atoms. The van der Waals surface area contributed by atoms with Crippen LogP contribution in [0.15, 0.2) is 24.3 Å². The standard InChI is InChI=1S/C15H24N4O/c1-12-4-3-5-13(8-12)17-15(20)11-19-7-6-18(2)10-14(19)9-16/h3-5,8,14H,6-7,9-11,16H2,1-2H3,(H,17,20). The normalized spacial score (nSPS) is 20.9. The van der Waals surface area contributed by atoms with E-state index in [-0.39, 0.29) is 11.9 Å². The molecule has 1 heterocycles. The third kappa shape index (κ3) is 4.03. The molecule has 1 atom stereocenters. The van der Waals surface area contributed by atoms with Crippen molar-refractivity contribution < 1.29 is 4.79 Å². The lowest BCUT2D eigenvalue weighted by atomic mass is 10.1. The molecule has 1 aromatic carbocycles. The second-order valence-corrected chi connectivity index (χ2v) is 5.54. The molecule has 2 rings (SSSR count). The first-order chi connectivity index (χ1) is 9.58. The second-order valence-electron chi connectivity index (χ2n) is 5.54. The number of carbonyl (C=O) groups is 1. The van der Waals surface area contributed by atoms with Gasteiger partial charge < -0.3 is 16.0 Å². The minimum Gasteiger partial charge on any atom is -0.329 e. The Hall–Kier alpha value is -1.43. The lowest BCUT2D eigenvalue weighted by Gasteiger charge is -2.39. The summed E-state index contributed by atoms with van der Waals surface area (Å²) in [6, 6.07) is 8.11. The molecule has 1 fully saturated rings. The number of hydrogen-bond acceptors (Lipinski definition) is 4. The summed E-state index contributed by atoms with van der Waals surface area (Å²) in [7, 11) is 2.09. The quantitative estimate of drug-likeness (QED) is 0.841. The molecule has 1 aliphatic heterocycles. The van der Waals surface area contributed by atoms with E-state index in [9.17, 15) is 4.79 Å². The smallest absolute Gasteiger partial charge is 0.238 e. The highest BCUT2D eigenvalue weighted by atomic mass is 16.2. The molecule has 0 spiro atoms. The van der Waals surface area contributed by atoms with Crippen molar-refractivity contribution in [1.29, 1.82) is 0 Å². The third-order valence-corrected chi connectivity index (χ3v) is 3.73. The molecule has 5 heteroatoms. The Morgan fingerprint density at radius 3 is 2.95 bits per heavy atom. The van der Waals surface area contributed by atoms with Crippen LogP contribution in [0.1, 0.15) is 5.56 Å². The summed E-state index contributed by atoms with van der Waals surface area (Å²) in [5.41, 5.74) is 7.80. The van der Waals surface area contributed by atoms with E-state index in [2.05, 4.69) is 22.2 Å². The highest BCUT2D eigenvalue weighted by Gasteiger charge is 2.25. The van der Waals surface area contributed by atoms with Crippen molar-refractivity contribution in [1.82, 2.24) is 9.80 Å². The number of aryl methyl sites for hydroxylation is 1. The number of rotatable bonds is 4. The number of hydrogen-bond donors (Lipinski definition) is 2. The van der Waals surface area contributed by atoms with Crippen molar-refractivity contribution in [2.75, 3.05) is 45.1 Å². The van der Waals surface area contributed by atoms with E-state index < -0.39 is 0 Å². The maximum Gasteiger partial charge on any atom is 0.238 e. The lowest BCUT2D eigenvalue weighted by molar-refractivity contribution is -0.118. The van der Waals surface area contributed by atoms with Gasteiger partial charge >= 0.3 is 0 Å². The molecule has 5 nitrogen and oxygen atoms in total. The molecule has 0 aromatic heterocycles. The molecular formula is C15H24N4O. The first kappa shape index (κ1) is 15.0. The summed E-state index contributed by atoms with van der Waals surface area (Å²) >= 11 is 0. The maximum atomic E-state index is 12.1. The first-order valence-corrected chi connectivity index (χ1v) is 7.07. The molecule has 3 N–H and O–H groups in total. The topological polar surface area (TPSA) is 61.6 Å². The van der Waals surface area contributed by atoms with Gasteiger partial charge in [0.15, 0.2) is 0 Å². The zero-order chi connectivity index (χ0) is 14.5. The summed E-state index contributed by atoms with van der Waals surface area (Å²) in [5, 5.41) is 2.95. The van der Waals surface area contributed by atoms with Gasteiger partial charge in [0.2, 0.25) is 5.91 Å². The van der Waals surface area contributed by atoms with Gasteiger partial charge in [-0.05, 0) is 31.7 Å². The Kier molecular flexibility index (Phi) is 5.11. The average molecular weight is 276 g/mol. The molecule has 1 saturated heterocycles. The zero-order valence-electron chi connectivity index (χ0n) is 12.3. The number of benzene rings is 1. The highest BCUT2D eigenvalue weighted by molar-refractivity contribution is 5.92. The van der Waals surface area contributed by atoms with Crippen molar-refractivity contribution in [3.8, 4) is 0 Å². The van der Waals surface area contributed by atoms with E-state index in [0.717, 1.165) is 30.9 Å². The first-order valence-electron chi connectivity index (χ1n) is 7.07. The van der Waals surface area contributed by atoms with Gasteiger partial charge in [0, 0.05) is 37.9 Å². The average Bonchev–Trinajstić information content (AvgIpc) is 2.40. The molecule has 0 radical (unpaired) electrons. The molecule has 1 aromatic rings. The van der Waals surface area contributed by atoms with E-state index in [1.54, 1.807) is 0 Å². The minimum atomic E-state index is 0.0265. The van der Waals surface area contributed by atoms with Gasteiger partial charge in [-0.25, -0.2) is 0 Å². The Labute approximate surface area is 120 Å². The van der Waals surface area contributed by atoms with Crippen LogP contribution in [0.5, 0.6) is 0 Å². The minimum absolute atomic E-state index is 0.0265. The molecule has 0 saturated carbocycles. The zero-order valence-corrected chi connectivity index (χ0v) is 12.3. The number of nitrogens with one attached hydrogen (secondary N) is 1. The molecule has 20 heavy (non-hydrogen) atoms. The largest absolute Gasteiger partial charge is 0.329 e. The summed E-state index contributed by atoms with van der Waals surface area (Å²) in [4.78, 5) is 16.6. The van der Waals surface area contributed by atoms with Gasteiger partial charge in [-0.1, -0.05) is 12.1 Å². The summed E-state index contributed by atoms with van der Waals surface area (Å²) in [6.45, 7) is 5.80. The second kappa shape index (κ2) is 6.83. The van der Waals surface area contributed by atoms with Gasteiger partial charge in [0.25, 0.3) is 0 Å². The highest BCUT2D eigenvalue weighted by Crippen LogP contribution is 2.11. The fraction of sp³-hybridized carbons (Fsp3) is 0.533. The van der Waals surface area contributed by atoms with Crippen LogP contribution in [0.4, 0.5) is 5.69 Å². The van der Waals surface area contributed by atoms with Crippen LogP contribution in [0.2, 0.25) is 0 Å². The van der Waals surface area contributed by atoms with Crippen molar-refractivity contribution in [3.05, 3.63) is 29.8 Å². The maximum absolute atomic E-state index is 12.1. The number of carbonyl (C=O) groups excluding carboxylic acids is 1. The van der Waals surface area contributed by atoms with Gasteiger partial charge in [0.05, 0.1) is 6.54 Å². The van der Waals surface area contributed by atoms with Crippen LogP contribution in [-0.2, 0) is 4.79 Å². The fourth-order valence-corrected chi connectivity index (χ4v) is 2.59. The predicted octanol–water partition coefficient (Wildman–Crippen LogP) is 0.508. The molecular weight excluding hydrogens is 252 g/mol. The monoisotopic (exact) mass is 276 g/mol. The van der Waals surface area contributed by atoms with Gasteiger partial charge in [-0.2, -0.15) is 0 Å². The number of nitrogens with two attached hydrogens (primary N) is 1. The van der Waals surface area contributed by atoms with Crippen LogP contribution in [0.25, 0.3) is 0 Å². The van der Waals surface area contributed by atoms with Crippen molar-refractivity contribution >= 4 is 11.6 Å². The van der Waals surface area contributed by atoms with Crippen LogP contribution in [0.3, 0.4) is 0 Å². The number of anilines is 1. The summed E-state index contributed by atoms with van der Waals surface area (Å²) in [6.07, 6.45) is 0. The van der Waals surface area contributed by atoms with Crippen molar-refractivity contribution in [2.24, 2.45) is 5.73 Å². The Balaban J connectivity index is 1.90. The fourth-order valence-electron chi connectivity index (χ4n) is 2.59. The van der Waals surface area contributed by atoms with Gasteiger partial charge in [-0.15, -0.1) is 0 Å². The molecule has 0 aliphatic carbocycles. The van der Waals surface area contributed by atoms with Crippen LogP contribution in [0, 0.1) is 6.92 Å². The van der Waals surface area contributed by atoms with E-state index in [4.69, 9.17) is 5.73 Å². The van der Waals surface area contributed by atoms with Crippen molar-refractivity contribution in [3.63, 3.8) is 0 Å². The van der Waals surface area contributed by atoms with E-state index in [1.807, 2.05) is 31.2 Å². The van der Waals surface area contributed by atoms with Crippen LogP contribution in [-0.4, -0.2) is 61.5 Å². The Morgan fingerprint density at radius 2 is 2.25 bits per heavy atom. The van der Waals surface area contributed by atoms with E-state index >= 15 is 0 Å². The van der Waals surface area contributed by atoms with E-state index in [0.29, 0.717) is 13.1 Å². The Morgan fingerprint density at radius 1 is 1.45 bits per heavy atom. The molecule has 110 valence electrons. The number of nitrogens with zero attached hydrogens (tertiary/aromatic N) is 2. The molecule has 1 aliphatic rings. The number of piperazine rings is 1. The summed E-state index contributed by atoms with van der Waals surface area (Å²) in [5.74, 6) is 0.0265. The molecule has 1 unspecified atom stereocenters. The van der Waals surface area contributed by atoms with Gasteiger partial charge in [0.1, 0.15) is 0 Å². The number of likely N-dealkylation sites (N-methyl/N-ethyl adjacent to an activating group) is 1. The third-order valence-electron chi connectivity index (χ3n) is 3.73. The summed E-state index contributed by atoms with van der Waals surface area (Å²) < 4.78 is 0. The van der Waals surface area contributed by atoms with Crippen LogP contribution >= 0.6 is 0 Å². The van der Waals surface area contributed by atoms with Crippen LogP contribution < -0.4 is 11.1 Å². The number of amides is 1. The SMILES string of the molecule is Cc1cccc(NC(=O)CN2CCN(C)CC2CN)c1. The van der Waals surface area contributed by atoms with Gasteiger partial charge in [-0.3, -0.25) is 9.69 Å². The molecule has 1 amide bonds. The Bertz CT molecular complexity index is 463. The lowest BCUT2D eigenvalue weighted by Crippen LogP contribution is -2.56.